The van der Waals surface area contributed by atoms with Gasteiger partial charge in [-0.05, 0) is 18.2 Å². The van der Waals surface area contributed by atoms with Crippen molar-refractivity contribution in [1.82, 2.24) is 4.98 Å². The second-order valence-electron chi connectivity index (χ2n) is 3.68. The van der Waals surface area contributed by atoms with Gasteiger partial charge in [-0.25, -0.2) is 13.8 Å². The van der Waals surface area contributed by atoms with Gasteiger partial charge in [0.15, 0.2) is 11.6 Å². The van der Waals surface area contributed by atoms with Crippen molar-refractivity contribution in [2.24, 2.45) is 0 Å². The molecule has 0 saturated carbocycles. The van der Waals surface area contributed by atoms with Crippen LogP contribution < -0.4 is 11.1 Å². The summed E-state index contributed by atoms with van der Waals surface area (Å²) in [5.41, 5.74) is 5.51. The molecule has 0 bridgehead atoms. The molecule has 7 heteroatoms. The van der Waals surface area contributed by atoms with Gasteiger partial charge in [-0.3, -0.25) is 4.79 Å². The van der Waals surface area contributed by atoms with Crippen molar-refractivity contribution >= 4 is 28.9 Å². The highest BCUT2D eigenvalue weighted by Crippen LogP contribution is 2.19. The highest BCUT2D eigenvalue weighted by atomic mass is 35.5. The lowest BCUT2D eigenvalue weighted by atomic mass is 10.1. The lowest BCUT2D eigenvalue weighted by molar-refractivity contribution is 0.102. The Bertz CT molecular complexity index is 632. The maximum absolute atomic E-state index is 13.1. The van der Waals surface area contributed by atoms with Gasteiger partial charge in [0.2, 0.25) is 0 Å². The second kappa shape index (κ2) is 5.19. The van der Waals surface area contributed by atoms with Crippen LogP contribution in [0, 0.1) is 11.6 Å². The number of amides is 1. The Balaban J connectivity index is 2.25. The SMILES string of the molecule is Nc1cc(F)c(F)cc1C(=O)Nc1ccc(Cl)nc1. The molecule has 0 aliphatic heterocycles. The van der Waals surface area contributed by atoms with Crippen LogP contribution in [0.5, 0.6) is 0 Å². The van der Waals surface area contributed by atoms with Crippen LogP contribution in [0.2, 0.25) is 5.15 Å². The number of hydrogen-bond acceptors (Lipinski definition) is 3. The lowest BCUT2D eigenvalue weighted by Gasteiger charge is -2.08. The predicted octanol–water partition coefficient (Wildman–Crippen LogP) is 2.85. The number of carbonyl (C=O) groups is 1. The van der Waals surface area contributed by atoms with E-state index in [-0.39, 0.29) is 16.4 Å². The zero-order valence-corrected chi connectivity index (χ0v) is 10.2. The summed E-state index contributed by atoms with van der Waals surface area (Å²) in [6.07, 6.45) is 1.33. The summed E-state index contributed by atoms with van der Waals surface area (Å²) in [4.78, 5) is 15.6. The van der Waals surface area contributed by atoms with E-state index in [1.54, 1.807) is 0 Å². The monoisotopic (exact) mass is 283 g/mol. The minimum absolute atomic E-state index is 0.154. The van der Waals surface area contributed by atoms with Gasteiger partial charge in [-0.2, -0.15) is 0 Å². The number of carbonyl (C=O) groups excluding carboxylic acids is 1. The van der Waals surface area contributed by atoms with Crippen LogP contribution in [0.25, 0.3) is 0 Å². The van der Waals surface area contributed by atoms with Crippen molar-refractivity contribution in [2.45, 2.75) is 0 Å². The first kappa shape index (κ1) is 13.2. The van der Waals surface area contributed by atoms with Crippen molar-refractivity contribution in [1.29, 1.82) is 0 Å². The van der Waals surface area contributed by atoms with Crippen molar-refractivity contribution in [3.63, 3.8) is 0 Å². The Hall–Kier alpha value is -2.21. The van der Waals surface area contributed by atoms with Gasteiger partial charge in [-0.1, -0.05) is 11.6 Å². The number of pyridine rings is 1. The molecule has 0 unspecified atom stereocenters. The third-order valence-electron chi connectivity index (χ3n) is 2.32. The van der Waals surface area contributed by atoms with Gasteiger partial charge in [0.05, 0.1) is 17.4 Å². The highest BCUT2D eigenvalue weighted by molar-refractivity contribution is 6.29. The smallest absolute Gasteiger partial charge is 0.257 e. The Morgan fingerprint density at radius 3 is 2.58 bits per heavy atom. The van der Waals surface area contributed by atoms with Gasteiger partial charge in [0, 0.05) is 11.8 Å². The van der Waals surface area contributed by atoms with Crippen LogP contribution >= 0.6 is 11.6 Å². The molecule has 4 nitrogen and oxygen atoms in total. The van der Waals surface area contributed by atoms with E-state index in [0.29, 0.717) is 5.69 Å². The van der Waals surface area contributed by atoms with Crippen LogP contribution in [0.15, 0.2) is 30.5 Å². The summed E-state index contributed by atoms with van der Waals surface area (Å²) in [7, 11) is 0. The molecule has 1 amide bonds. The first-order chi connectivity index (χ1) is 8.97. The third-order valence-corrected chi connectivity index (χ3v) is 2.55. The van der Waals surface area contributed by atoms with Crippen LogP contribution in [0.4, 0.5) is 20.2 Å². The average molecular weight is 284 g/mol. The van der Waals surface area contributed by atoms with E-state index < -0.39 is 17.5 Å². The van der Waals surface area contributed by atoms with E-state index >= 15 is 0 Å². The molecule has 0 aliphatic rings. The molecule has 1 heterocycles. The number of nitrogens with one attached hydrogen (secondary N) is 1. The molecule has 0 atom stereocenters. The van der Waals surface area contributed by atoms with E-state index in [1.807, 2.05) is 0 Å². The molecule has 0 fully saturated rings. The zero-order valence-electron chi connectivity index (χ0n) is 9.45. The molecular formula is C12H8ClF2N3O. The fourth-order valence-corrected chi connectivity index (χ4v) is 1.52. The molecule has 1 aromatic carbocycles. The summed E-state index contributed by atoms with van der Waals surface area (Å²) in [5, 5.41) is 2.71. The summed E-state index contributed by atoms with van der Waals surface area (Å²) < 4.78 is 26.0. The Morgan fingerprint density at radius 1 is 1.26 bits per heavy atom. The Labute approximate surface area is 112 Å². The summed E-state index contributed by atoms with van der Waals surface area (Å²) in [5.74, 6) is -2.92. The standard InChI is InChI=1S/C12H8ClF2N3O/c13-11-2-1-6(5-17-11)18-12(19)7-3-8(14)9(15)4-10(7)16/h1-5H,16H2,(H,18,19). The van der Waals surface area contributed by atoms with Crippen LogP contribution in [0.3, 0.4) is 0 Å². The molecule has 0 saturated heterocycles. The van der Waals surface area contributed by atoms with E-state index in [2.05, 4.69) is 10.3 Å². The molecular weight excluding hydrogens is 276 g/mol. The van der Waals surface area contributed by atoms with Gasteiger partial charge in [-0.15, -0.1) is 0 Å². The molecule has 2 rings (SSSR count). The molecule has 0 spiro atoms. The van der Waals surface area contributed by atoms with Crippen molar-refractivity contribution in [3.8, 4) is 0 Å². The van der Waals surface area contributed by atoms with Crippen LogP contribution in [-0.2, 0) is 0 Å². The lowest BCUT2D eigenvalue weighted by Crippen LogP contribution is -2.15. The molecule has 98 valence electrons. The quantitative estimate of drug-likeness (QED) is 0.658. The molecule has 1 aromatic heterocycles. The average Bonchev–Trinajstić information content (AvgIpc) is 2.36. The number of nitrogen functional groups attached to an aromatic ring is 1. The number of nitrogens with two attached hydrogens (primary N) is 1. The van der Waals surface area contributed by atoms with Crippen molar-refractivity contribution < 1.29 is 13.6 Å². The predicted molar refractivity (Wildman–Crippen MR) is 68.0 cm³/mol. The van der Waals surface area contributed by atoms with E-state index in [0.717, 1.165) is 12.1 Å². The van der Waals surface area contributed by atoms with E-state index in [1.165, 1.54) is 18.3 Å². The highest BCUT2D eigenvalue weighted by Gasteiger charge is 2.14. The Morgan fingerprint density at radius 2 is 1.95 bits per heavy atom. The number of rotatable bonds is 2. The van der Waals surface area contributed by atoms with Gasteiger partial charge >= 0.3 is 0 Å². The zero-order chi connectivity index (χ0) is 14.0. The van der Waals surface area contributed by atoms with Gasteiger partial charge in [0.25, 0.3) is 5.91 Å². The van der Waals surface area contributed by atoms with Gasteiger partial charge in [0.1, 0.15) is 5.15 Å². The topological polar surface area (TPSA) is 68.0 Å². The Kier molecular flexibility index (Phi) is 3.62. The minimum Gasteiger partial charge on any atom is -0.398 e. The maximum Gasteiger partial charge on any atom is 0.257 e. The molecule has 0 aliphatic carbocycles. The number of hydrogen-bond donors (Lipinski definition) is 2. The van der Waals surface area contributed by atoms with Gasteiger partial charge < -0.3 is 11.1 Å². The maximum atomic E-state index is 13.1. The van der Waals surface area contributed by atoms with E-state index in [4.69, 9.17) is 17.3 Å². The molecule has 2 aromatic rings. The third kappa shape index (κ3) is 2.97. The van der Waals surface area contributed by atoms with Crippen LogP contribution in [0.1, 0.15) is 10.4 Å². The number of aromatic nitrogens is 1. The first-order valence-electron chi connectivity index (χ1n) is 5.15. The van der Waals surface area contributed by atoms with Crippen molar-refractivity contribution in [2.75, 3.05) is 11.1 Å². The summed E-state index contributed by atoms with van der Waals surface area (Å²) >= 11 is 5.59. The fraction of sp³-hybridized carbons (Fsp3) is 0. The summed E-state index contributed by atoms with van der Waals surface area (Å²) in [6, 6.07) is 4.49. The number of benzene rings is 1. The number of anilines is 2. The second-order valence-corrected chi connectivity index (χ2v) is 4.06. The normalized spacial score (nSPS) is 10.3. The van der Waals surface area contributed by atoms with Crippen LogP contribution in [-0.4, -0.2) is 10.9 Å². The first-order valence-corrected chi connectivity index (χ1v) is 5.52. The molecule has 3 N–H and O–H groups in total. The summed E-state index contributed by atoms with van der Waals surface area (Å²) in [6.45, 7) is 0. The molecule has 19 heavy (non-hydrogen) atoms. The number of halogens is 3. The fourth-order valence-electron chi connectivity index (χ4n) is 1.41. The largest absolute Gasteiger partial charge is 0.398 e. The minimum atomic E-state index is -1.14. The van der Waals surface area contributed by atoms with Crippen molar-refractivity contribution in [3.05, 3.63) is 52.8 Å². The molecule has 0 radical (unpaired) electrons. The van der Waals surface area contributed by atoms with E-state index in [9.17, 15) is 13.6 Å². The number of nitrogens with zero attached hydrogens (tertiary/aromatic N) is 1.